The summed E-state index contributed by atoms with van der Waals surface area (Å²) in [6, 6.07) is 7.24. The zero-order valence-electron chi connectivity index (χ0n) is 10.8. The Labute approximate surface area is 112 Å². The van der Waals surface area contributed by atoms with Crippen molar-refractivity contribution in [1.29, 1.82) is 0 Å². The van der Waals surface area contributed by atoms with Crippen LogP contribution in [0, 0.1) is 12.3 Å². The van der Waals surface area contributed by atoms with E-state index in [4.69, 9.17) is 5.73 Å². The molecule has 1 aromatic carbocycles. The van der Waals surface area contributed by atoms with Crippen LogP contribution in [0.15, 0.2) is 24.3 Å². The predicted molar refractivity (Wildman–Crippen MR) is 71.7 cm³/mol. The predicted octanol–water partition coefficient (Wildman–Crippen LogP) is 0.535. The van der Waals surface area contributed by atoms with E-state index in [9.17, 15) is 18.3 Å². The van der Waals surface area contributed by atoms with E-state index in [1.54, 1.807) is 12.1 Å². The van der Waals surface area contributed by atoms with Gasteiger partial charge in [0.15, 0.2) is 9.84 Å². The maximum atomic E-state index is 11.8. The van der Waals surface area contributed by atoms with Gasteiger partial charge in [0, 0.05) is 18.7 Å². The van der Waals surface area contributed by atoms with Gasteiger partial charge in [-0.05, 0) is 12.5 Å². The molecule has 0 spiro atoms. The minimum atomic E-state index is -3.46. The zero-order valence-corrected chi connectivity index (χ0v) is 11.6. The molecule has 0 aromatic heterocycles. The molecule has 3 atom stereocenters. The number of nitrogens with two attached hydrogens (primary N) is 1. The number of hydrogen-bond acceptors (Lipinski definition) is 4. The number of carboxylic acid groups (broad SMARTS) is 1. The second kappa shape index (κ2) is 4.31. The Hall–Kier alpha value is -1.40. The molecule has 2 rings (SSSR count). The first-order valence-corrected chi connectivity index (χ1v) is 7.89. The average Bonchev–Trinajstić information content (AvgIpc) is 3.00. The van der Waals surface area contributed by atoms with Crippen molar-refractivity contribution in [2.75, 3.05) is 12.8 Å². The molecule has 0 unspecified atom stereocenters. The molecule has 0 saturated heterocycles. The summed E-state index contributed by atoms with van der Waals surface area (Å²) in [6.07, 6.45) is 1.07. The first-order chi connectivity index (χ1) is 8.75. The van der Waals surface area contributed by atoms with Crippen molar-refractivity contribution in [3.8, 4) is 0 Å². The number of aliphatic carboxylic acids is 1. The van der Waals surface area contributed by atoms with Crippen molar-refractivity contribution in [3.05, 3.63) is 35.4 Å². The first kappa shape index (κ1) is 14.0. The third kappa shape index (κ3) is 2.04. The molecule has 3 N–H and O–H groups in total. The van der Waals surface area contributed by atoms with Crippen LogP contribution in [-0.2, 0) is 14.6 Å². The molecule has 0 aliphatic heterocycles. The maximum absolute atomic E-state index is 11.8. The van der Waals surface area contributed by atoms with E-state index in [2.05, 4.69) is 0 Å². The molecular weight excluding hydrogens is 266 g/mol. The van der Waals surface area contributed by atoms with E-state index < -0.39 is 32.4 Å². The molecule has 0 amide bonds. The average molecular weight is 283 g/mol. The van der Waals surface area contributed by atoms with Crippen molar-refractivity contribution in [2.24, 2.45) is 11.1 Å². The minimum absolute atomic E-state index is 0.182. The van der Waals surface area contributed by atoms with Gasteiger partial charge in [-0.2, -0.15) is 0 Å². The number of carboxylic acids is 1. The molecular formula is C13H17NO4S. The number of benzene rings is 1. The van der Waals surface area contributed by atoms with Crippen molar-refractivity contribution in [1.82, 2.24) is 0 Å². The summed E-state index contributed by atoms with van der Waals surface area (Å²) in [5.74, 6) is -1.71. The van der Waals surface area contributed by atoms with Gasteiger partial charge in [-0.25, -0.2) is 8.42 Å². The maximum Gasteiger partial charge on any atom is 0.312 e. The van der Waals surface area contributed by atoms with Gasteiger partial charge in [0.2, 0.25) is 0 Å². The summed E-state index contributed by atoms with van der Waals surface area (Å²) < 4.78 is 23.6. The normalized spacial score (nSPS) is 30.1. The lowest BCUT2D eigenvalue weighted by molar-refractivity contribution is -0.143. The van der Waals surface area contributed by atoms with Gasteiger partial charge < -0.3 is 10.8 Å². The summed E-state index contributed by atoms with van der Waals surface area (Å²) in [6.45, 7) is 1.73. The number of sulfone groups is 1. The molecule has 104 valence electrons. The zero-order chi connectivity index (χ0) is 14.4. The Bertz CT molecular complexity index is 608. The molecule has 6 heteroatoms. The van der Waals surface area contributed by atoms with Crippen LogP contribution in [0.3, 0.4) is 0 Å². The van der Waals surface area contributed by atoms with Crippen molar-refractivity contribution >= 4 is 15.8 Å². The topological polar surface area (TPSA) is 97.5 Å². The Morgan fingerprint density at radius 1 is 1.37 bits per heavy atom. The third-order valence-electron chi connectivity index (χ3n) is 3.89. The SMILES string of the molecule is Cc1ccc([C@@H]2[C@@H](S(C)(=O)=O)[C@@]2(CN)C(=O)O)cc1. The van der Waals surface area contributed by atoms with E-state index in [0.717, 1.165) is 11.8 Å². The van der Waals surface area contributed by atoms with Crippen LogP contribution in [0.4, 0.5) is 0 Å². The van der Waals surface area contributed by atoms with Crippen LogP contribution in [-0.4, -0.2) is 37.5 Å². The van der Waals surface area contributed by atoms with E-state index >= 15 is 0 Å². The summed E-state index contributed by atoms with van der Waals surface area (Å²) >= 11 is 0. The first-order valence-electron chi connectivity index (χ1n) is 5.94. The van der Waals surface area contributed by atoms with Crippen LogP contribution < -0.4 is 5.73 Å². The Morgan fingerprint density at radius 3 is 2.21 bits per heavy atom. The highest BCUT2D eigenvalue weighted by Crippen LogP contribution is 2.62. The molecule has 1 aliphatic rings. The van der Waals surface area contributed by atoms with Crippen molar-refractivity contribution in [3.63, 3.8) is 0 Å². The van der Waals surface area contributed by atoms with Crippen molar-refractivity contribution in [2.45, 2.75) is 18.1 Å². The molecule has 5 nitrogen and oxygen atoms in total. The van der Waals surface area contributed by atoms with Crippen LogP contribution in [0.25, 0.3) is 0 Å². The molecule has 1 saturated carbocycles. The van der Waals surface area contributed by atoms with Crippen LogP contribution in [0.1, 0.15) is 17.0 Å². The number of rotatable bonds is 4. The number of hydrogen-bond donors (Lipinski definition) is 2. The third-order valence-corrected chi connectivity index (χ3v) is 5.51. The lowest BCUT2D eigenvalue weighted by Gasteiger charge is -2.09. The largest absolute Gasteiger partial charge is 0.481 e. The highest BCUT2D eigenvalue weighted by Gasteiger charge is 2.74. The van der Waals surface area contributed by atoms with Gasteiger partial charge in [-0.15, -0.1) is 0 Å². The fourth-order valence-electron chi connectivity index (χ4n) is 2.87. The second-order valence-corrected chi connectivity index (χ2v) is 7.36. The molecule has 1 aliphatic carbocycles. The van der Waals surface area contributed by atoms with Crippen molar-refractivity contribution < 1.29 is 18.3 Å². The lowest BCUT2D eigenvalue weighted by atomic mass is 9.99. The van der Waals surface area contributed by atoms with Gasteiger partial charge in [-0.3, -0.25) is 4.79 Å². The van der Waals surface area contributed by atoms with Crippen LogP contribution >= 0.6 is 0 Å². The molecule has 0 bridgehead atoms. The van der Waals surface area contributed by atoms with Gasteiger partial charge in [0.1, 0.15) is 5.41 Å². The Morgan fingerprint density at radius 2 is 1.89 bits per heavy atom. The highest BCUT2D eigenvalue weighted by atomic mass is 32.2. The Balaban J connectivity index is 2.50. The van der Waals surface area contributed by atoms with Gasteiger partial charge in [-0.1, -0.05) is 29.8 Å². The summed E-state index contributed by atoms with van der Waals surface area (Å²) in [4.78, 5) is 11.5. The Kier molecular flexibility index (Phi) is 3.18. The smallest absolute Gasteiger partial charge is 0.312 e. The van der Waals surface area contributed by atoms with Gasteiger partial charge in [0.25, 0.3) is 0 Å². The summed E-state index contributed by atoms with van der Waals surface area (Å²) in [7, 11) is -3.46. The van der Waals surface area contributed by atoms with E-state index in [1.807, 2.05) is 19.1 Å². The lowest BCUT2D eigenvalue weighted by Crippen LogP contribution is -2.31. The fraction of sp³-hybridized carbons (Fsp3) is 0.462. The summed E-state index contributed by atoms with van der Waals surface area (Å²) in [5.41, 5.74) is 5.94. The monoisotopic (exact) mass is 283 g/mol. The van der Waals surface area contributed by atoms with E-state index in [0.29, 0.717) is 5.56 Å². The number of aryl methyl sites for hydroxylation is 1. The fourth-order valence-corrected chi connectivity index (χ4v) is 4.79. The standard InChI is InChI=1S/C13H17NO4S/c1-8-3-5-9(6-4-8)10-11(19(2,17)18)13(10,7-14)12(15)16/h3-6,10-11H,7,14H2,1-2H3,(H,15,16)/t10-,11-,13+/m1/s1. The van der Waals surface area contributed by atoms with E-state index in [-0.39, 0.29) is 6.54 Å². The van der Waals surface area contributed by atoms with Crippen LogP contribution in [0.5, 0.6) is 0 Å². The molecule has 1 fully saturated rings. The molecule has 1 aromatic rings. The highest BCUT2D eigenvalue weighted by molar-refractivity contribution is 7.91. The van der Waals surface area contributed by atoms with Gasteiger partial charge >= 0.3 is 5.97 Å². The van der Waals surface area contributed by atoms with Gasteiger partial charge in [0.05, 0.1) is 5.25 Å². The summed E-state index contributed by atoms with van der Waals surface area (Å²) in [5, 5.41) is 8.44. The molecule has 0 heterocycles. The second-order valence-electron chi connectivity index (χ2n) is 5.19. The minimum Gasteiger partial charge on any atom is -0.481 e. The van der Waals surface area contributed by atoms with E-state index in [1.165, 1.54) is 0 Å². The quantitative estimate of drug-likeness (QED) is 0.840. The molecule has 19 heavy (non-hydrogen) atoms. The number of carbonyl (C=O) groups is 1. The molecule has 0 radical (unpaired) electrons. The van der Waals surface area contributed by atoms with Crippen LogP contribution in [0.2, 0.25) is 0 Å².